The molecular weight excluding hydrogens is 426 g/mol. The lowest BCUT2D eigenvalue weighted by Crippen LogP contribution is -2.18. The highest BCUT2D eigenvalue weighted by Crippen LogP contribution is 2.34. The maximum atomic E-state index is 12.6. The number of nitrogens with two attached hydrogens (primary N) is 1. The summed E-state index contributed by atoms with van der Waals surface area (Å²) in [4.78, 5) is 37.0. The number of carbonyl (C=O) groups is 3. The minimum absolute atomic E-state index is 0.0765. The van der Waals surface area contributed by atoms with Gasteiger partial charge in [-0.2, -0.15) is 0 Å². The Morgan fingerprint density at radius 3 is 2.53 bits per heavy atom. The number of aryl methyl sites for hydroxylation is 1. The van der Waals surface area contributed by atoms with Crippen molar-refractivity contribution >= 4 is 45.9 Å². The van der Waals surface area contributed by atoms with Gasteiger partial charge in [-0.1, -0.05) is 25.6 Å². The summed E-state index contributed by atoms with van der Waals surface area (Å²) in [5.41, 5.74) is 5.96. The fraction of sp³-hybridized carbons (Fsp3) is 0.526. The molecule has 0 atom stereocenters. The van der Waals surface area contributed by atoms with Crippen LogP contribution in [0.2, 0.25) is 0 Å². The molecule has 9 nitrogen and oxygen atoms in total. The number of ether oxygens (including phenoxy) is 1. The van der Waals surface area contributed by atoms with E-state index in [0.29, 0.717) is 10.7 Å². The third-order valence-corrected chi connectivity index (χ3v) is 6.25. The van der Waals surface area contributed by atoms with Gasteiger partial charge >= 0.3 is 5.97 Å². The van der Waals surface area contributed by atoms with E-state index in [1.807, 2.05) is 11.5 Å². The zero-order valence-corrected chi connectivity index (χ0v) is 19.4. The molecule has 0 aliphatic carbocycles. The van der Waals surface area contributed by atoms with Crippen molar-refractivity contribution in [3.63, 3.8) is 0 Å². The zero-order chi connectivity index (χ0) is 22.4. The number of thioether (sulfide) groups is 1. The highest BCUT2D eigenvalue weighted by Gasteiger charge is 2.26. The van der Waals surface area contributed by atoms with Crippen LogP contribution in [0, 0.1) is 6.92 Å². The second-order valence-electron chi connectivity index (χ2n) is 6.82. The third-order valence-electron chi connectivity index (χ3n) is 4.06. The molecule has 0 saturated heterocycles. The molecular formula is C19H27N5O4S2. The first kappa shape index (κ1) is 23.9. The molecule has 2 heterocycles. The molecule has 164 valence electrons. The minimum Gasteiger partial charge on any atom is -0.459 e. The molecule has 0 spiro atoms. The normalized spacial score (nSPS) is 11.0. The van der Waals surface area contributed by atoms with Crippen molar-refractivity contribution in [2.24, 2.45) is 5.73 Å². The predicted molar refractivity (Wildman–Crippen MR) is 117 cm³/mol. The molecule has 0 saturated carbocycles. The molecule has 2 aromatic rings. The number of hydrogen-bond donors (Lipinski definition) is 2. The number of amides is 2. The van der Waals surface area contributed by atoms with Crippen LogP contribution in [0.3, 0.4) is 0 Å². The van der Waals surface area contributed by atoms with Crippen LogP contribution in [0.5, 0.6) is 0 Å². The number of primary amides is 1. The average Bonchev–Trinajstić information content (AvgIpc) is 3.20. The predicted octanol–water partition coefficient (Wildman–Crippen LogP) is 3.02. The Hall–Kier alpha value is -2.40. The molecule has 11 heteroatoms. The van der Waals surface area contributed by atoms with Crippen LogP contribution in [0.1, 0.15) is 65.5 Å². The van der Waals surface area contributed by atoms with Gasteiger partial charge in [0.25, 0.3) is 5.91 Å². The summed E-state index contributed by atoms with van der Waals surface area (Å²) in [7, 11) is 0. The van der Waals surface area contributed by atoms with E-state index in [1.54, 1.807) is 20.8 Å². The molecule has 0 fully saturated rings. The first-order chi connectivity index (χ1) is 14.2. The van der Waals surface area contributed by atoms with Gasteiger partial charge in [-0.15, -0.1) is 21.5 Å². The molecule has 30 heavy (non-hydrogen) atoms. The van der Waals surface area contributed by atoms with E-state index in [2.05, 4.69) is 22.4 Å². The Labute approximate surface area is 183 Å². The van der Waals surface area contributed by atoms with Gasteiger partial charge in [0.05, 0.1) is 22.3 Å². The number of esters is 1. The smallest absolute Gasteiger partial charge is 0.341 e. The van der Waals surface area contributed by atoms with E-state index >= 15 is 0 Å². The number of rotatable bonds is 10. The van der Waals surface area contributed by atoms with Gasteiger partial charge in [-0.3, -0.25) is 9.59 Å². The van der Waals surface area contributed by atoms with Gasteiger partial charge in [0.2, 0.25) is 5.91 Å². The molecule has 0 bridgehead atoms. The van der Waals surface area contributed by atoms with Crippen molar-refractivity contribution in [3.8, 4) is 0 Å². The van der Waals surface area contributed by atoms with Crippen LogP contribution in [0.25, 0.3) is 0 Å². The second kappa shape index (κ2) is 10.6. The maximum Gasteiger partial charge on any atom is 0.341 e. The van der Waals surface area contributed by atoms with Gasteiger partial charge in [0, 0.05) is 13.0 Å². The number of thiophene rings is 1. The first-order valence-electron chi connectivity index (χ1n) is 9.68. The number of nitrogens with zero attached hydrogens (tertiary/aromatic N) is 3. The standard InChI is InChI=1S/C19H27N5O4S2/c1-6-8-24-12(7-2)22-23-19(24)29-9-13(25)21-17-14(18(27)28-10(3)4)11(5)15(30-17)16(20)26/h10H,6-9H2,1-5H3,(H2,20,26)(H,21,25). The molecule has 3 N–H and O–H groups in total. The molecule has 2 rings (SSSR count). The van der Waals surface area contributed by atoms with Crippen molar-refractivity contribution in [1.29, 1.82) is 0 Å². The summed E-state index contributed by atoms with van der Waals surface area (Å²) >= 11 is 2.24. The summed E-state index contributed by atoms with van der Waals surface area (Å²) in [6, 6.07) is 0. The first-order valence-corrected chi connectivity index (χ1v) is 11.5. The van der Waals surface area contributed by atoms with Crippen molar-refractivity contribution in [2.45, 2.75) is 65.3 Å². The van der Waals surface area contributed by atoms with Gasteiger partial charge < -0.3 is 20.4 Å². The Morgan fingerprint density at radius 2 is 1.97 bits per heavy atom. The SMILES string of the molecule is CCCn1c(CC)nnc1SCC(=O)Nc1sc(C(N)=O)c(C)c1C(=O)OC(C)C. The van der Waals surface area contributed by atoms with Crippen molar-refractivity contribution < 1.29 is 19.1 Å². The van der Waals surface area contributed by atoms with Gasteiger partial charge in [-0.25, -0.2) is 4.79 Å². The molecule has 2 aromatic heterocycles. The summed E-state index contributed by atoms with van der Waals surface area (Å²) in [5.74, 6) is -0.652. The Bertz CT molecular complexity index is 936. The lowest BCUT2D eigenvalue weighted by molar-refractivity contribution is -0.113. The van der Waals surface area contributed by atoms with Crippen LogP contribution >= 0.6 is 23.1 Å². The summed E-state index contributed by atoms with van der Waals surface area (Å²) in [5, 5.41) is 12.0. The van der Waals surface area contributed by atoms with E-state index < -0.39 is 11.9 Å². The Kier molecular flexibility index (Phi) is 8.42. The third kappa shape index (κ3) is 5.60. The quantitative estimate of drug-likeness (QED) is 0.418. The minimum atomic E-state index is -0.661. The van der Waals surface area contributed by atoms with E-state index in [4.69, 9.17) is 10.5 Å². The number of hydrogen-bond acceptors (Lipinski definition) is 8. The highest BCUT2D eigenvalue weighted by molar-refractivity contribution is 7.99. The van der Waals surface area contributed by atoms with Crippen LogP contribution in [0.4, 0.5) is 5.00 Å². The van der Waals surface area contributed by atoms with Crippen LogP contribution < -0.4 is 11.1 Å². The van der Waals surface area contributed by atoms with E-state index in [0.717, 1.165) is 36.5 Å². The lowest BCUT2D eigenvalue weighted by Gasteiger charge is -2.10. The zero-order valence-electron chi connectivity index (χ0n) is 17.8. The molecule has 0 unspecified atom stereocenters. The largest absolute Gasteiger partial charge is 0.459 e. The van der Waals surface area contributed by atoms with Crippen molar-refractivity contribution in [1.82, 2.24) is 14.8 Å². The second-order valence-corrected chi connectivity index (χ2v) is 8.78. The van der Waals surface area contributed by atoms with E-state index in [-0.39, 0.29) is 33.2 Å². The van der Waals surface area contributed by atoms with E-state index in [9.17, 15) is 14.4 Å². The maximum absolute atomic E-state index is 12.6. The number of nitrogens with one attached hydrogen (secondary N) is 1. The molecule has 0 aliphatic heterocycles. The summed E-state index contributed by atoms with van der Waals surface area (Å²) < 4.78 is 7.26. The Morgan fingerprint density at radius 1 is 1.27 bits per heavy atom. The monoisotopic (exact) mass is 453 g/mol. The van der Waals surface area contributed by atoms with Crippen LogP contribution in [-0.2, 0) is 22.5 Å². The molecule has 0 aromatic carbocycles. The topological polar surface area (TPSA) is 129 Å². The van der Waals surface area contributed by atoms with E-state index in [1.165, 1.54) is 11.8 Å². The van der Waals surface area contributed by atoms with Crippen LogP contribution in [-0.4, -0.2) is 44.4 Å². The summed E-state index contributed by atoms with van der Waals surface area (Å²) in [6.07, 6.45) is 1.34. The van der Waals surface area contributed by atoms with Gasteiger partial charge in [0.1, 0.15) is 10.8 Å². The van der Waals surface area contributed by atoms with Crippen molar-refractivity contribution in [2.75, 3.05) is 11.1 Å². The van der Waals surface area contributed by atoms with Gasteiger partial charge in [-0.05, 0) is 32.8 Å². The molecule has 0 aliphatic rings. The lowest BCUT2D eigenvalue weighted by atomic mass is 10.1. The van der Waals surface area contributed by atoms with Crippen molar-refractivity contribution in [3.05, 3.63) is 21.8 Å². The fourth-order valence-electron chi connectivity index (χ4n) is 2.78. The highest BCUT2D eigenvalue weighted by atomic mass is 32.2. The average molecular weight is 454 g/mol. The summed E-state index contributed by atoms with van der Waals surface area (Å²) in [6.45, 7) is 9.90. The number of carbonyl (C=O) groups excluding carboxylic acids is 3. The van der Waals surface area contributed by atoms with Gasteiger partial charge in [0.15, 0.2) is 5.16 Å². The number of anilines is 1. The molecule has 0 radical (unpaired) electrons. The molecule has 2 amide bonds. The van der Waals surface area contributed by atoms with Crippen LogP contribution in [0.15, 0.2) is 5.16 Å². The fourth-order valence-corrected chi connectivity index (χ4v) is 4.63. The number of aromatic nitrogens is 3. The Balaban J connectivity index is 2.18.